The third kappa shape index (κ3) is 5.20. The number of methoxy groups -OCH3 is 1. The van der Waals surface area contributed by atoms with E-state index >= 15 is 0 Å². The molecule has 2 unspecified atom stereocenters. The van der Waals surface area contributed by atoms with E-state index in [0.29, 0.717) is 45.7 Å². The van der Waals surface area contributed by atoms with Gasteiger partial charge in [0, 0.05) is 31.5 Å². The molecule has 0 spiro atoms. The molecule has 3 heterocycles. The maximum Gasteiger partial charge on any atom is 0.278 e. The number of carbonyl (C=O) groups is 1. The second kappa shape index (κ2) is 11.1. The van der Waals surface area contributed by atoms with Crippen LogP contribution < -0.4 is 20.1 Å². The highest BCUT2D eigenvalue weighted by Gasteiger charge is 2.54. The SMILES string of the molecule is CNC(=O)[C@H]1C[C@H](Oc2cc3c(Nc4cccc(Cl)c4F)ncnc3cc2OC)C[N+]1(C)C1CCCCN1C. The minimum Gasteiger partial charge on any atom is -0.493 e. The number of fused-ring (bicyclic) bond motifs is 1. The molecule has 2 aromatic carbocycles. The number of carbonyl (C=O) groups excluding carboxylic acids is 1. The first-order valence-electron chi connectivity index (χ1n) is 13.2. The Kier molecular flexibility index (Phi) is 7.80. The van der Waals surface area contributed by atoms with Crippen molar-refractivity contribution in [3.63, 3.8) is 0 Å². The molecule has 11 heteroatoms. The number of ether oxygens (including phenoxy) is 2. The van der Waals surface area contributed by atoms with Crippen LogP contribution in [0.2, 0.25) is 5.02 Å². The highest BCUT2D eigenvalue weighted by atomic mass is 35.5. The van der Waals surface area contributed by atoms with Gasteiger partial charge in [0.1, 0.15) is 24.9 Å². The number of nitrogens with zero attached hydrogens (tertiary/aromatic N) is 4. The van der Waals surface area contributed by atoms with E-state index in [0.717, 1.165) is 19.4 Å². The summed E-state index contributed by atoms with van der Waals surface area (Å²) in [7, 11) is 7.58. The number of benzene rings is 2. The number of hydrogen-bond acceptors (Lipinski definition) is 7. The van der Waals surface area contributed by atoms with Gasteiger partial charge in [-0.1, -0.05) is 17.7 Å². The van der Waals surface area contributed by atoms with Gasteiger partial charge in [0.15, 0.2) is 29.5 Å². The quantitative estimate of drug-likeness (QED) is 0.418. The van der Waals surface area contributed by atoms with E-state index in [1.807, 2.05) is 6.07 Å². The maximum absolute atomic E-state index is 14.6. The van der Waals surface area contributed by atoms with Crippen molar-refractivity contribution in [1.29, 1.82) is 0 Å². The van der Waals surface area contributed by atoms with Gasteiger partial charge in [-0.15, -0.1) is 0 Å². The molecule has 9 nitrogen and oxygen atoms in total. The predicted octanol–water partition coefficient (Wildman–Crippen LogP) is 4.33. The van der Waals surface area contributed by atoms with Gasteiger partial charge in [-0.25, -0.2) is 14.4 Å². The van der Waals surface area contributed by atoms with Gasteiger partial charge in [-0.3, -0.25) is 14.2 Å². The van der Waals surface area contributed by atoms with Gasteiger partial charge >= 0.3 is 0 Å². The topological polar surface area (TPSA) is 88.6 Å². The van der Waals surface area contributed by atoms with E-state index in [1.165, 1.54) is 18.8 Å². The van der Waals surface area contributed by atoms with Gasteiger partial charge in [-0.2, -0.15) is 0 Å². The number of nitrogens with one attached hydrogen (secondary N) is 2. The third-order valence-corrected chi connectivity index (χ3v) is 8.47. The van der Waals surface area contributed by atoms with E-state index in [1.54, 1.807) is 32.4 Å². The van der Waals surface area contributed by atoms with Crippen LogP contribution in [0.3, 0.4) is 0 Å². The van der Waals surface area contributed by atoms with Crippen molar-refractivity contribution in [2.24, 2.45) is 0 Å². The van der Waals surface area contributed by atoms with Gasteiger partial charge in [0.2, 0.25) is 0 Å². The lowest BCUT2D eigenvalue weighted by Crippen LogP contribution is -2.65. The zero-order chi connectivity index (χ0) is 27.7. The lowest BCUT2D eigenvalue weighted by Gasteiger charge is -2.47. The molecule has 2 saturated heterocycles. The van der Waals surface area contributed by atoms with Gasteiger partial charge in [0.25, 0.3) is 5.91 Å². The minimum absolute atomic E-state index is 0.0146. The molecule has 5 rings (SSSR count). The number of quaternary nitrogens is 1. The highest BCUT2D eigenvalue weighted by molar-refractivity contribution is 6.31. The number of amides is 1. The van der Waals surface area contributed by atoms with E-state index in [9.17, 15) is 9.18 Å². The molecule has 2 aliphatic rings. The first-order valence-corrected chi connectivity index (χ1v) is 13.6. The van der Waals surface area contributed by atoms with Crippen molar-refractivity contribution in [2.75, 3.05) is 46.7 Å². The molecule has 39 heavy (non-hydrogen) atoms. The zero-order valence-corrected chi connectivity index (χ0v) is 23.5. The fourth-order valence-corrected chi connectivity index (χ4v) is 6.39. The summed E-state index contributed by atoms with van der Waals surface area (Å²) in [5.41, 5.74) is 0.813. The van der Waals surface area contributed by atoms with E-state index in [4.69, 9.17) is 21.1 Å². The Hall–Kier alpha value is -3.21. The molecule has 0 aliphatic carbocycles. The summed E-state index contributed by atoms with van der Waals surface area (Å²) in [5.74, 6) is 0.907. The van der Waals surface area contributed by atoms with Crippen molar-refractivity contribution >= 4 is 39.9 Å². The van der Waals surface area contributed by atoms with Gasteiger partial charge < -0.3 is 20.1 Å². The zero-order valence-electron chi connectivity index (χ0n) is 22.7. The monoisotopic (exact) mass is 557 g/mol. The van der Waals surface area contributed by atoms with E-state index in [-0.39, 0.29) is 34.9 Å². The van der Waals surface area contributed by atoms with Crippen LogP contribution in [0.15, 0.2) is 36.7 Å². The first-order chi connectivity index (χ1) is 18.7. The van der Waals surface area contributed by atoms with E-state index in [2.05, 4.69) is 39.6 Å². The van der Waals surface area contributed by atoms with E-state index < -0.39 is 5.82 Å². The number of rotatable bonds is 7. The van der Waals surface area contributed by atoms with Crippen LogP contribution in [-0.2, 0) is 4.79 Å². The van der Waals surface area contributed by atoms with Crippen LogP contribution in [0.4, 0.5) is 15.9 Å². The molecule has 0 radical (unpaired) electrons. The highest BCUT2D eigenvalue weighted by Crippen LogP contribution is 2.40. The van der Waals surface area contributed by atoms with Crippen LogP contribution in [0.1, 0.15) is 25.7 Å². The number of piperidine rings is 1. The predicted molar refractivity (Wildman–Crippen MR) is 149 cm³/mol. The number of hydrogen-bond donors (Lipinski definition) is 2. The average Bonchev–Trinajstić information content (AvgIpc) is 3.27. The summed E-state index contributed by atoms with van der Waals surface area (Å²) < 4.78 is 27.5. The van der Waals surface area contributed by atoms with Crippen molar-refractivity contribution in [3.8, 4) is 11.5 Å². The molecule has 2 N–H and O–H groups in total. The smallest absolute Gasteiger partial charge is 0.278 e. The Morgan fingerprint density at radius 1 is 1.23 bits per heavy atom. The minimum atomic E-state index is -0.563. The van der Waals surface area contributed by atoms with Crippen molar-refractivity contribution in [3.05, 3.63) is 47.5 Å². The van der Waals surface area contributed by atoms with Crippen LogP contribution in [0, 0.1) is 5.82 Å². The van der Waals surface area contributed by atoms with Gasteiger partial charge in [0.05, 0.1) is 36.8 Å². The fraction of sp³-hybridized carbons (Fsp3) is 0.464. The second-order valence-electron chi connectivity index (χ2n) is 10.6. The molecule has 208 valence electrons. The number of aromatic nitrogens is 2. The normalized spacial score (nSPS) is 25.4. The lowest BCUT2D eigenvalue weighted by molar-refractivity contribution is -0.949. The van der Waals surface area contributed by atoms with Crippen molar-refractivity contribution < 1.29 is 23.1 Å². The Morgan fingerprint density at radius 2 is 2.05 bits per heavy atom. The molecule has 4 atom stereocenters. The van der Waals surface area contributed by atoms with Crippen LogP contribution >= 0.6 is 11.6 Å². The lowest BCUT2D eigenvalue weighted by atomic mass is 10.0. The Morgan fingerprint density at radius 3 is 2.79 bits per heavy atom. The Bertz CT molecular complexity index is 1380. The van der Waals surface area contributed by atoms with Crippen LogP contribution in [0.25, 0.3) is 10.9 Å². The van der Waals surface area contributed by atoms with Crippen molar-refractivity contribution in [2.45, 2.75) is 44.0 Å². The Labute approximate surface area is 232 Å². The molecule has 2 fully saturated rings. The van der Waals surface area contributed by atoms with Crippen LogP contribution in [-0.4, -0.2) is 84.9 Å². The largest absolute Gasteiger partial charge is 0.493 e. The summed E-state index contributed by atoms with van der Waals surface area (Å²) in [6, 6.07) is 8.10. The Balaban J connectivity index is 1.47. The third-order valence-electron chi connectivity index (χ3n) is 8.18. The summed E-state index contributed by atoms with van der Waals surface area (Å²) in [5, 5.41) is 6.56. The fourth-order valence-electron chi connectivity index (χ4n) is 6.21. The molecule has 3 aromatic rings. The standard InChI is InChI=1S/C28H34ClFN6O3/c1-31-28(37)22-12-17(15-36(22,3)25-10-5-6-11-35(25)2)39-24-13-18-21(14-23(24)38-4)32-16-33-27(18)34-20-9-7-8-19(29)26(20)30/h7-9,13-14,16-17,22,25H,5-6,10-12,15H2,1-4H3,(H-,31,32,33,34,37)/p+1/t17-,22+,25?,36?/m0/s1. The molecular formula is C28H35ClFN6O3+. The summed E-state index contributed by atoms with van der Waals surface area (Å²) in [4.78, 5) is 24.2. The molecular weight excluding hydrogens is 523 g/mol. The molecule has 0 saturated carbocycles. The maximum atomic E-state index is 14.6. The molecule has 1 aromatic heterocycles. The first kappa shape index (κ1) is 27.4. The number of halogens is 2. The van der Waals surface area contributed by atoms with Crippen molar-refractivity contribution in [1.82, 2.24) is 20.2 Å². The average molecular weight is 558 g/mol. The molecule has 0 bridgehead atoms. The number of likely N-dealkylation sites (N-methyl/N-ethyl adjacent to an activating group) is 2. The summed E-state index contributed by atoms with van der Waals surface area (Å²) >= 11 is 5.97. The number of likely N-dealkylation sites (tertiary alicyclic amines) is 2. The molecule has 2 aliphatic heterocycles. The van der Waals surface area contributed by atoms with Gasteiger partial charge in [-0.05, 0) is 38.1 Å². The summed E-state index contributed by atoms with van der Waals surface area (Å²) in [6.07, 6.45) is 5.36. The summed E-state index contributed by atoms with van der Waals surface area (Å²) in [6.45, 7) is 1.70. The van der Waals surface area contributed by atoms with Crippen LogP contribution in [0.5, 0.6) is 11.5 Å². The molecule has 1 amide bonds. The second-order valence-corrected chi connectivity index (χ2v) is 11.0. The number of anilines is 2.